The zero-order valence-electron chi connectivity index (χ0n) is 18.1. The summed E-state index contributed by atoms with van der Waals surface area (Å²) in [5.41, 5.74) is 1.53. The largest absolute Gasteiger partial charge is 0.491 e. The van der Waals surface area contributed by atoms with Crippen molar-refractivity contribution in [2.24, 2.45) is 0 Å². The van der Waals surface area contributed by atoms with Crippen LogP contribution in [-0.2, 0) is 14.8 Å². The maximum Gasteiger partial charge on any atom is 0.241 e. The molecule has 0 aliphatic heterocycles. The number of nitrogens with zero attached hydrogens (tertiary/aromatic N) is 1. The van der Waals surface area contributed by atoms with Crippen LogP contribution < -0.4 is 19.1 Å². The average Bonchev–Trinajstić information content (AvgIpc) is 2.65. The summed E-state index contributed by atoms with van der Waals surface area (Å²) < 4.78 is 36.8. The highest BCUT2D eigenvalue weighted by Crippen LogP contribution is 2.22. The molecule has 0 saturated heterocycles. The molecular weight excluding hydrogens is 404 g/mol. The third-order valence-corrected chi connectivity index (χ3v) is 5.25. The first-order chi connectivity index (χ1) is 14.0. The molecule has 8 heteroatoms. The van der Waals surface area contributed by atoms with E-state index in [4.69, 9.17) is 9.47 Å². The number of hydrogen-bond acceptors (Lipinski definition) is 5. The first kappa shape index (κ1) is 23.5. The van der Waals surface area contributed by atoms with Crippen molar-refractivity contribution in [3.63, 3.8) is 0 Å². The smallest absolute Gasteiger partial charge is 0.241 e. The highest BCUT2D eigenvalue weighted by Gasteiger charge is 2.22. The Hall–Kier alpha value is -2.74. The minimum atomic E-state index is -3.64. The summed E-state index contributed by atoms with van der Waals surface area (Å²) in [4.78, 5) is 12.5. The Morgan fingerprint density at radius 3 is 2.10 bits per heavy atom. The normalized spacial score (nSPS) is 12.3. The summed E-state index contributed by atoms with van der Waals surface area (Å²) in [6, 6.07) is 13.9. The van der Waals surface area contributed by atoms with Crippen LogP contribution in [-0.4, -0.2) is 45.9 Å². The lowest BCUT2D eigenvalue weighted by Gasteiger charge is -2.23. The number of benzene rings is 2. The van der Waals surface area contributed by atoms with Gasteiger partial charge in [-0.05, 0) is 64.1 Å². The summed E-state index contributed by atoms with van der Waals surface area (Å²) in [7, 11) is -3.64. The van der Waals surface area contributed by atoms with Crippen LogP contribution in [0.2, 0.25) is 0 Å². The van der Waals surface area contributed by atoms with Crippen LogP contribution >= 0.6 is 0 Å². The van der Waals surface area contributed by atoms with E-state index in [1.165, 1.54) is 0 Å². The Bertz CT molecular complexity index is 925. The maximum absolute atomic E-state index is 12.5. The average molecular weight is 435 g/mol. The fraction of sp³-hybridized carbons (Fsp3) is 0.409. The Morgan fingerprint density at radius 2 is 1.57 bits per heavy atom. The number of aryl methyl sites for hydroxylation is 1. The minimum absolute atomic E-state index is 0.0104. The van der Waals surface area contributed by atoms with Crippen LogP contribution in [0, 0.1) is 6.92 Å². The molecule has 0 radical (unpaired) electrons. The molecule has 1 unspecified atom stereocenters. The van der Waals surface area contributed by atoms with Gasteiger partial charge in [0.2, 0.25) is 15.9 Å². The molecule has 2 aromatic rings. The molecule has 0 spiro atoms. The fourth-order valence-electron chi connectivity index (χ4n) is 2.71. The predicted molar refractivity (Wildman–Crippen MR) is 119 cm³/mol. The van der Waals surface area contributed by atoms with E-state index < -0.39 is 15.9 Å². The number of ether oxygens (including phenoxy) is 2. The summed E-state index contributed by atoms with van der Waals surface area (Å²) in [5.74, 6) is 0.930. The maximum atomic E-state index is 12.5. The van der Waals surface area contributed by atoms with Gasteiger partial charge in [-0.15, -0.1) is 0 Å². The van der Waals surface area contributed by atoms with Gasteiger partial charge in [-0.1, -0.05) is 17.7 Å². The van der Waals surface area contributed by atoms with E-state index in [0.29, 0.717) is 17.2 Å². The second-order valence-corrected chi connectivity index (χ2v) is 9.43. The van der Waals surface area contributed by atoms with Crippen molar-refractivity contribution in [3.8, 4) is 11.5 Å². The molecular formula is C22H30N2O5S. The molecule has 2 rings (SSSR count). The van der Waals surface area contributed by atoms with Crippen LogP contribution in [0.15, 0.2) is 48.5 Å². The fourth-order valence-corrected chi connectivity index (χ4v) is 3.57. The zero-order valence-corrected chi connectivity index (χ0v) is 18.9. The van der Waals surface area contributed by atoms with Crippen LogP contribution in [0.4, 0.5) is 5.69 Å². The second kappa shape index (κ2) is 10.3. The molecule has 0 bridgehead atoms. The van der Waals surface area contributed by atoms with E-state index in [0.717, 1.165) is 16.1 Å². The van der Waals surface area contributed by atoms with Crippen LogP contribution in [0.1, 0.15) is 26.3 Å². The number of amides is 1. The van der Waals surface area contributed by atoms with Gasteiger partial charge < -0.3 is 14.8 Å². The lowest BCUT2D eigenvalue weighted by Crippen LogP contribution is -2.44. The molecule has 30 heavy (non-hydrogen) atoms. The Balaban J connectivity index is 1.97. The van der Waals surface area contributed by atoms with E-state index in [2.05, 4.69) is 5.32 Å². The minimum Gasteiger partial charge on any atom is -0.491 e. The molecule has 2 aromatic carbocycles. The lowest BCUT2D eigenvalue weighted by molar-refractivity contribution is -0.120. The third-order valence-electron chi connectivity index (χ3n) is 4.11. The lowest BCUT2D eigenvalue weighted by atomic mass is 10.2. The standard InChI is InChI=1S/C22H30N2O5S/c1-16(2)29-21-12-8-19(9-13-21)24(30(5,26)27)14-22(25)23-18(4)15-28-20-10-6-17(3)7-11-20/h6-13,16,18H,14-15H2,1-5H3,(H,23,25). The van der Waals surface area contributed by atoms with Crippen molar-refractivity contribution in [2.75, 3.05) is 23.7 Å². The van der Waals surface area contributed by atoms with Gasteiger partial charge in [0.15, 0.2) is 0 Å². The van der Waals surface area contributed by atoms with Crippen molar-refractivity contribution in [1.82, 2.24) is 5.32 Å². The SMILES string of the molecule is Cc1ccc(OCC(C)NC(=O)CN(c2ccc(OC(C)C)cc2)S(C)(=O)=O)cc1. The van der Waals surface area contributed by atoms with E-state index in [-0.39, 0.29) is 25.3 Å². The number of rotatable bonds is 10. The van der Waals surface area contributed by atoms with E-state index in [1.807, 2.05) is 45.0 Å². The topological polar surface area (TPSA) is 84.9 Å². The summed E-state index contributed by atoms with van der Waals surface area (Å²) in [6.45, 7) is 7.56. The molecule has 0 aliphatic carbocycles. The summed E-state index contributed by atoms with van der Waals surface area (Å²) in [6.07, 6.45) is 1.08. The predicted octanol–water partition coefficient (Wildman–Crippen LogP) is 3.13. The molecule has 0 heterocycles. The molecule has 0 fully saturated rings. The van der Waals surface area contributed by atoms with Gasteiger partial charge >= 0.3 is 0 Å². The summed E-state index contributed by atoms with van der Waals surface area (Å²) in [5, 5.41) is 2.78. The Labute approximate surface area is 179 Å². The number of carbonyl (C=O) groups excluding carboxylic acids is 1. The number of nitrogens with one attached hydrogen (secondary N) is 1. The third kappa shape index (κ3) is 7.59. The van der Waals surface area contributed by atoms with Gasteiger partial charge in [-0.2, -0.15) is 0 Å². The van der Waals surface area contributed by atoms with E-state index in [9.17, 15) is 13.2 Å². The van der Waals surface area contributed by atoms with Gasteiger partial charge in [0, 0.05) is 0 Å². The van der Waals surface area contributed by atoms with E-state index in [1.54, 1.807) is 31.2 Å². The van der Waals surface area contributed by atoms with Crippen molar-refractivity contribution < 1.29 is 22.7 Å². The molecule has 1 amide bonds. The Morgan fingerprint density at radius 1 is 1.00 bits per heavy atom. The van der Waals surface area contributed by atoms with Crippen molar-refractivity contribution in [1.29, 1.82) is 0 Å². The van der Waals surface area contributed by atoms with Gasteiger partial charge in [-0.3, -0.25) is 9.10 Å². The van der Waals surface area contributed by atoms with Crippen LogP contribution in [0.3, 0.4) is 0 Å². The number of hydrogen-bond donors (Lipinski definition) is 1. The molecule has 7 nitrogen and oxygen atoms in total. The van der Waals surface area contributed by atoms with Gasteiger partial charge in [0.05, 0.1) is 24.1 Å². The zero-order chi connectivity index (χ0) is 22.3. The highest BCUT2D eigenvalue weighted by atomic mass is 32.2. The Kier molecular flexibility index (Phi) is 8.11. The number of anilines is 1. The molecule has 0 aromatic heterocycles. The second-order valence-electron chi connectivity index (χ2n) is 7.52. The molecule has 1 atom stereocenters. The van der Waals surface area contributed by atoms with Crippen molar-refractivity contribution in [3.05, 3.63) is 54.1 Å². The molecule has 1 N–H and O–H groups in total. The van der Waals surface area contributed by atoms with Crippen molar-refractivity contribution in [2.45, 2.75) is 39.8 Å². The number of sulfonamides is 1. The van der Waals surface area contributed by atoms with Gasteiger partial charge in [0.25, 0.3) is 0 Å². The first-order valence-electron chi connectivity index (χ1n) is 9.78. The number of carbonyl (C=O) groups is 1. The van der Waals surface area contributed by atoms with Crippen molar-refractivity contribution >= 4 is 21.6 Å². The van der Waals surface area contributed by atoms with Gasteiger partial charge in [-0.25, -0.2) is 8.42 Å². The molecule has 0 saturated carbocycles. The monoisotopic (exact) mass is 434 g/mol. The van der Waals surface area contributed by atoms with Crippen LogP contribution in [0.25, 0.3) is 0 Å². The molecule has 0 aliphatic rings. The molecule has 164 valence electrons. The van der Waals surface area contributed by atoms with Crippen LogP contribution in [0.5, 0.6) is 11.5 Å². The van der Waals surface area contributed by atoms with E-state index >= 15 is 0 Å². The highest BCUT2D eigenvalue weighted by molar-refractivity contribution is 7.92. The quantitative estimate of drug-likeness (QED) is 0.621. The summed E-state index contributed by atoms with van der Waals surface area (Å²) >= 11 is 0. The van der Waals surface area contributed by atoms with Gasteiger partial charge in [0.1, 0.15) is 24.7 Å². The first-order valence-corrected chi connectivity index (χ1v) is 11.6.